The van der Waals surface area contributed by atoms with Gasteiger partial charge in [-0.3, -0.25) is 0 Å². The molecular weight excluding hydrogens is 534 g/mol. The molecule has 0 unspecified atom stereocenters. The Bertz CT molecular complexity index is 1160. The molecule has 9 nitrogen and oxygen atoms in total. The van der Waals surface area contributed by atoms with Crippen molar-refractivity contribution < 1.29 is 30.3 Å². The molecule has 0 saturated heterocycles. The van der Waals surface area contributed by atoms with Gasteiger partial charge >= 0.3 is 0 Å². The summed E-state index contributed by atoms with van der Waals surface area (Å²) in [5.41, 5.74) is 8.56. The smallest absolute Gasteiger partial charge is 0.161 e. The highest BCUT2D eigenvalue weighted by Gasteiger charge is 2.27. The summed E-state index contributed by atoms with van der Waals surface area (Å²) in [5, 5.41) is 51.9. The summed E-state index contributed by atoms with van der Waals surface area (Å²) in [5.74, 6) is 0.316. The van der Waals surface area contributed by atoms with Crippen molar-refractivity contribution in [1.82, 2.24) is 9.97 Å². The van der Waals surface area contributed by atoms with Crippen LogP contribution >= 0.6 is 0 Å². The number of hydrogen-bond acceptors (Lipinski definition) is 8. The van der Waals surface area contributed by atoms with Gasteiger partial charge in [-0.25, -0.2) is 4.98 Å². The molecule has 232 valence electrons. The minimum absolute atomic E-state index is 0.0876. The highest BCUT2D eigenvalue weighted by atomic mass is 16.5. The van der Waals surface area contributed by atoms with Gasteiger partial charge in [0.2, 0.25) is 0 Å². The Labute approximate surface area is 249 Å². The summed E-state index contributed by atoms with van der Waals surface area (Å²) in [6.07, 6.45) is 8.67. The number of aliphatic hydroxyl groups excluding tert-OH is 4. The molecular formula is C33H48N3O6-. The van der Waals surface area contributed by atoms with E-state index in [2.05, 4.69) is 16.9 Å². The number of aromatic nitrogens is 2. The molecule has 0 amide bonds. The van der Waals surface area contributed by atoms with Gasteiger partial charge in [0.1, 0.15) is 18.0 Å². The van der Waals surface area contributed by atoms with Crippen molar-refractivity contribution in [2.24, 2.45) is 0 Å². The SMILES string of the molecule is CCCCCCC[C@H](O)C[C@H](O)CCc1ccc(O)c(O[C@H](C[C@H](Cc2ccc[n-]2)c2ccnc(N)c2)[C@H](O)CO)c1. The average molecular weight is 583 g/mol. The molecule has 0 radical (unpaired) electrons. The monoisotopic (exact) mass is 582 g/mol. The zero-order chi connectivity index (χ0) is 30.3. The molecule has 0 saturated carbocycles. The minimum atomic E-state index is -1.20. The lowest BCUT2D eigenvalue weighted by molar-refractivity contribution is -0.00840. The molecule has 1 aromatic carbocycles. The predicted molar refractivity (Wildman–Crippen MR) is 163 cm³/mol. The van der Waals surface area contributed by atoms with Crippen LogP contribution in [0.4, 0.5) is 5.82 Å². The number of anilines is 1. The van der Waals surface area contributed by atoms with Crippen LogP contribution in [0.25, 0.3) is 0 Å². The van der Waals surface area contributed by atoms with E-state index in [0.29, 0.717) is 44.3 Å². The van der Waals surface area contributed by atoms with E-state index in [1.54, 1.807) is 30.6 Å². The van der Waals surface area contributed by atoms with Crippen molar-refractivity contribution in [1.29, 1.82) is 0 Å². The van der Waals surface area contributed by atoms with Crippen LogP contribution in [-0.2, 0) is 12.8 Å². The Morgan fingerprint density at radius 2 is 1.74 bits per heavy atom. The van der Waals surface area contributed by atoms with Crippen LogP contribution in [0, 0.1) is 0 Å². The summed E-state index contributed by atoms with van der Waals surface area (Å²) >= 11 is 0. The second-order valence-corrected chi connectivity index (χ2v) is 11.3. The van der Waals surface area contributed by atoms with E-state index in [-0.39, 0.29) is 17.4 Å². The zero-order valence-electron chi connectivity index (χ0n) is 24.7. The van der Waals surface area contributed by atoms with Gasteiger partial charge in [-0.15, -0.1) is 0 Å². The first-order valence-electron chi connectivity index (χ1n) is 15.2. The Hall–Kier alpha value is -3.11. The van der Waals surface area contributed by atoms with E-state index in [4.69, 9.17) is 10.5 Å². The largest absolute Gasteiger partial charge is 0.668 e. The maximum absolute atomic E-state index is 10.7. The van der Waals surface area contributed by atoms with E-state index < -0.39 is 31.0 Å². The van der Waals surface area contributed by atoms with Gasteiger partial charge in [0.25, 0.3) is 0 Å². The van der Waals surface area contributed by atoms with E-state index in [9.17, 15) is 25.5 Å². The van der Waals surface area contributed by atoms with E-state index >= 15 is 0 Å². The topological polar surface area (TPSA) is 163 Å². The molecule has 9 heteroatoms. The first kappa shape index (κ1) is 33.4. The van der Waals surface area contributed by atoms with Crippen molar-refractivity contribution in [2.45, 2.75) is 108 Å². The van der Waals surface area contributed by atoms with Crippen LogP contribution in [-0.4, -0.2) is 61.5 Å². The predicted octanol–water partition coefficient (Wildman–Crippen LogP) is 4.25. The highest BCUT2D eigenvalue weighted by Crippen LogP contribution is 2.33. The lowest BCUT2D eigenvalue weighted by atomic mass is 9.88. The number of phenols is 1. The van der Waals surface area contributed by atoms with Crippen LogP contribution < -0.4 is 15.5 Å². The number of unbranched alkanes of at least 4 members (excludes halogenated alkanes) is 4. The third kappa shape index (κ3) is 11.3. The number of pyridine rings is 1. The molecule has 0 aliphatic heterocycles. The van der Waals surface area contributed by atoms with E-state index in [0.717, 1.165) is 29.7 Å². The fraction of sp³-hybridized carbons (Fsp3) is 0.545. The average Bonchev–Trinajstić information content (AvgIpc) is 3.49. The summed E-state index contributed by atoms with van der Waals surface area (Å²) in [4.78, 5) is 8.47. The number of nitrogens with zero attached hydrogens (tertiary/aromatic N) is 2. The number of hydrogen-bond donors (Lipinski definition) is 6. The minimum Gasteiger partial charge on any atom is -0.668 e. The quantitative estimate of drug-likeness (QED) is 0.107. The molecule has 7 N–H and O–H groups in total. The van der Waals surface area contributed by atoms with Crippen LogP contribution in [0.2, 0.25) is 0 Å². The third-order valence-electron chi connectivity index (χ3n) is 7.73. The number of nitrogens with two attached hydrogens (primary N) is 1. The Morgan fingerprint density at radius 3 is 2.45 bits per heavy atom. The number of phenolic OH excluding ortho intramolecular Hbond substituents is 1. The van der Waals surface area contributed by atoms with Gasteiger partial charge in [-0.2, -0.15) is 11.9 Å². The number of aliphatic hydroxyl groups is 4. The van der Waals surface area contributed by atoms with Gasteiger partial charge in [0.05, 0.1) is 18.8 Å². The molecule has 0 aliphatic rings. The zero-order valence-corrected chi connectivity index (χ0v) is 24.7. The second kappa shape index (κ2) is 17.8. The number of aryl methyl sites for hydroxylation is 1. The van der Waals surface area contributed by atoms with Gasteiger partial charge < -0.3 is 41.0 Å². The number of aromatic hydroxyl groups is 1. The molecule has 2 heterocycles. The van der Waals surface area contributed by atoms with Gasteiger partial charge in [-0.1, -0.05) is 57.2 Å². The third-order valence-corrected chi connectivity index (χ3v) is 7.73. The molecule has 0 aliphatic carbocycles. The maximum atomic E-state index is 10.7. The van der Waals surface area contributed by atoms with Crippen LogP contribution in [0.15, 0.2) is 54.9 Å². The lowest BCUT2D eigenvalue weighted by Gasteiger charge is -2.29. The second-order valence-electron chi connectivity index (χ2n) is 11.3. The Balaban J connectivity index is 1.64. The highest BCUT2D eigenvalue weighted by molar-refractivity contribution is 5.42. The lowest BCUT2D eigenvalue weighted by Crippen LogP contribution is -2.36. The molecule has 2 aromatic heterocycles. The van der Waals surface area contributed by atoms with Crippen LogP contribution in [0.1, 0.15) is 87.4 Å². The van der Waals surface area contributed by atoms with Crippen LogP contribution in [0.3, 0.4) is 0 Å². The van der Waals surface area contributed by atoms with Gasteiger partial charge in [0, 0.05) is 6.20 Å². The summed E-state index contributed by atoms with van der Waals surface area (Å²) < 4.78 is 6.15. The number of ether oxygens (including phenoxy) is 1. The van der Waals surface area contributed by atoms with Gasteiger partial charge in [0.15, 0.2) is 11.5 Å². The van der Waals surface area contributed by atoms with Crippen molar-refractivity contribution >= 4 is 5.82 Å². The normalized spacial score (nSPS) is 15.2. The summed E-state index contributed by atoms with van der Waals surface area (Å²) in [6, 6.07) is 12.4. The molecule has 3 aromatic rings. The number of rotatable bonds is 20. The Morgan fingerprint density at radius 1 is 0.952 bits per heavy atom. The fourth-order valence-corrected chi connectivity index (χ4v) is 5.29. The first-order valence-corrected chi connectivity index (χ1v) is 15.2. The van der Waals surface area contributed by atoms with Crippen LogP contribution in [0.5, 0.6) is 11.5 Å². The van der Waals surface area contributed by atoms with Gasteiger partial charge in [-0.05, 0) is 79.8 Å². The number of benzene rings is 1. The van der Waals surface area contributed by atoms with Crippen molar-refractivity contribution in [2.75, 3.05) is 12.3 Å². The van der Waals surface area contributed by atoms with Crippen molar-refractivity contribution in [3.63, 3.8) is 0 Å². The summed E-state index contributed by atoms with van der Waals surface area (Å²) in [7, 11) is 0. The van der Waals surface area contributed by atoms with E-state index in [1.807, 2.05) is 18.2 Å². The van der Waals surface area contributed by atoms with Crippen molar-refractivity contribution in [3.8, 4) is 11.5 Å². The molecule has 0 fully saturated rings. The molecule has 0 bridgehead atoms. The molecule has 5 atom stereocenters. The molecule has 0 spiro atoms. The molecule has 3 rings (SSSR count). The maximum Gasteiger partial charge on any atom is 0.161 e. The standard InChI is InChI=1S/C33H48N3O6/c1-2-3-4-5-6-9-27(38)21-28(39)12-10-23-11-13-29(40)31(17-23)42-32(30(41)22-37)19-25(18-26-8-7-15-35-26)24-14-16-36-33(34)20-24/h7-8,11,13-17,20,25,27-28,30,32,37-41H,2-6,9-10,12,18-19,21-22H2,1H3,(H2,34,36)/q-1/t25-,27-,28+,30+,32+/m0/s1. The number of nitrogen functional groups attached to an aromatic ring is 1. The summed E-state index contributed by atoms with van der Waals surface area (Å²) in [6.45, 7) is 1.66. The first-order chi connectivity index (χ1) is 20.3. The van der Waals surface area contributed by atoms with E-state index in [1.165, 1.54) is 25.3 Å². The Kier molecular flexibility index (Phi) is 14.1. The molecule has 42 heavy (non-hydrogen) atoms. The fourth-order valence-electron chi connectivity index (χ4n) is 5.29. The van der Waals surface area contributed by atoms with Crippen molar-refractivity contribution in [3.05, 3.63) is 71.7 Å².